The summed E-state index contributed by atoms with van der Waals surface area (Å²) < 4.78 is 18.5. The molecule has 7 heteroatoms. The van der Waals surface area contributed by atoms with Gasteiger partial charge in [0.1, 0.15) is 11.3 Å². The van der Waals surface area contributed by atoms with Gasteiger partial charge >= 0.3 is 0 Å². The smallest absolute Gasteiger partial charge is 0.292 e. The zero-order valence-corrected chi connectivity index (χ0v) is 15.0. The molecule has 0 saturated heterocycles. The van der Waals surface area contributed by atoms with Crippen LogP contribution in [0.3, 0.4) is 0 Å². The van der Waals surface area contributed by atoms with Crippen LogP contribution >= 0.6 is 23.2 Å². The lowest BCUT2D eigenvalue weighted by Crippen LogP contribution is -1.96. The summed E-state index contributed by atoms with van der Waals surface area (Å²) in [5.41, 5.74) is 8.19. The number of aromatic nitrogens is 2. The van der Waals surface area contributed by atoms with Crippen molar-refractivity contribution in [1.82, 2.24) is 9.97 Å². The van der Waals surface area contributed by atoms with Gasteiger partial charge in [0.25, 0.3) is 6.01 Å². The lowest BCUT2D eigenvalue weighted by atomic mass is 10.1. The van der Waals surface area contributed by atoms with Crippen LogP contribution in [0.15, 0.2) is 65.2 Å². The van der Waals surface area contributed by atoms with E-state index in [1.807, 2.05) is 36.4 Å². The van der Waals surface area contributed by atoms with E-state index in [9.17, 15) is 4.39 Å². The Balaban J connectivity index is 0.000000167. The van der Waals surface area contributed by atoms with E-state index in [0.717, 1.165) is 16.7 Å². The molecule has 0 aliphatic carbocycles. The molecule has 132 valence electrons. The van der Waals surface area contributed by atoms with Gasteiger partial charge in [-0.2, -0.15) is 4.98 Å². The van der Waals surface area contributed by atoms with E-state index in [1.54, 1.807) is 12.1 Å². The lowest BCUT2D eigenvalue weighted by molar-refractivity contribution is 0.604. The van der Waals surface area contributed by atoms with E-state index in [0.29, 0.717) is 22.2 Å². The topological polar surface area (TPSA) is 64.9 Å². The average molecular weight is 390 g/mol. The largest absolute Gasteiger partial charge is 0.424 e. The summed E-state index contributed by atoms with van der Waals surface area (Å²) in [5.74, 6) is -0.387. The van der Waals surface area contributed by atoms with Crippen molar-refractivity contribution >= 4 is 40.3 Å². The molecule has 0 atom stereocenters. The third-order valence-electron chi connectivity index (χ3n) is 3.48. The molecule has 0 amide bonds. The van der Waals surface area contributed by atoms with Crippen LogP contribution in [0.2, 0.25) is 10.0 Å². The molecular formula is C19H14Cl2FN3O. The number of anilines is 1. The number of nitrogen functional groups attached to an aromatic ring is 1. The fraction of sp³-hybridized carbons (Fsp3) is 0.0526. The predicted octanol–water partition coefficient (Wildman–Crippen LogP) is 5.53. The number of nitrogens with two attached hydrogens (primary N) is 1. The maximum absolute atomic E-state index is 13.4. The Kier molecular flexibility index (Phi) is 5.71. The molecule has 4 aromatic rings. The first-order valence-corrected chi connectivity index (χ1v) is 8.42. The van der Waals surface area contributed by atoms with Gasteiger partial charge in [-0.15, -0.1) is 0 Å². The van der Waals surface area contributed by atoms with Crippen molar-refractivity contribution in [3.8, 4) is 0 Å². The molecular weight excluding hydrogens is 376 g/mol. The van der Waals surface area contributed by atoms with E-state index < -0.39 is 0 Å². The summed E-state index contributed by atoms with van der Waals surface area (Å²) in [7, 11) is 0. The molecule has 4 rings (SSSR count). The van der Waals surface area contributed by atoms with Crippen LogP contribution in [0.25, 0.3) is 11.1 Å². The quantitative estimate of drug-likeness (QED) is 0.489. The second-order valence-corrected chi connectivity index (χ2v) is 6.28. The molecule has 2 N–H and O–H groups in total. The minimum Gasteiger partial charge on any atom is -0.424 e. The van der Waals surface area contributed by atoms with Gasteiger partial charge in [-0.05, 0) is 35.9 Å². The van der Waals surface area contributed by atoms with E-state index in [4.69, 9.17) is 33.4 Å². The molecule has 2 aromatic carbocycles. The molecule has 0 bridgehead atoms. The molecule has 2 aromatic heterocycles. The molecule has 2 heterocycles. The number of hydrogen-bond acceptors (Lipinski definition) is 4. The van der Waals surface area contributed by atoms with Crippen LogP contribution in [0.4, 0.5) is 10.4 Å². The average Bonchev–Trinajstić information content (AvgIpc) is 3.00. The van der Waals surface area contributed by atoms with Crippen molar-refractivity contribution < 1.29 is 8.81 Å². The molecule has 0 aliphatic rings. The van der Waals surface area contributed by atoms with Crippen molar-refractivity contribution in [3.05, 3.63) is 87.9 Å². The van der Waals surface area contributed by atoms with Crippen molar-refractivity contribution in [1.29, 1.82) is 0 Å². The minimum atomic E-state index is -0.387. The number of rotatable bonds is 2. The van der Waals surface area contributed by atoms with E-state index >= 15 is 0 Å². The van der Waals surface area contributed by atoms with Crippen molar-refractivity contribution in [2.45, 2.75) is 6.42 Å². The summed E-state index contributed by atoms with van der Waals surface area (Å²) in [4.78, 5) is 7.88. The highest BCUT2D eigenvalue weighted by atomic mass is 35.5. The number of pyridine rings is 1. The summed E-state index contributed by atoms with van der Waals surface area (Å²) in [6.07, 6.45) is 1.87. The number of halogens is 3. The van der Waals surface area contributed by atoms with E-state index in [1.165, 1.54) is 12.3 Å². The number of hydrogen-bond donors (Lipinski definition) is 1. The third-order valence-corrected chi connectivity index (χ3v) is 3.94. The Labute approximate surface area is 159 Å². The standard InChI is InChI=1S/C12H8Cl2FN.C7H6N2O/c13-9-3-1-8(2-4-9)5-12-11(15)6-10(14)7-16-12;8-7-9-5-3-1-2-4-6(5)10-7/h1-4,6-7H,5H2;1-4H,(H2,8,9). The molecule has 0 fully saturated rings. The number of nitrogens with zero attached hydrogens (tertiary/aromatic N) is 2. The Bertz CT molecular complexity index is 986. The van der Waals surface area contributed by atoms with Crippen LogP contribution in [0.5, 0.6) is 0 Å². The van der Waals surface area contributed by atoms with Crippen LogP contribution in [-0.2, 0) is 6.42 Å². The summed E-state index contributed by atoms with van der Waals surface area (Å²) in [5, 5.41) is 0.964. The Morgan fingerprint density at radius 2 is 1.73 bits per heavy atom. The highest BCUT2D eigenvalue weighted by Gasteiger charge is 2.05. The fourth-order valence-corrected chi connectivity index (χ4v) is 2.53. The van der Waals surface area contributed by atoms with Gasteiger partial charge in [0.15, 0.2) is 5.58 Å². The zero-order chi connectivity index (χ0) is 18.5. The van der Waals surface area contributed by atoms with Gasteiger partial charge in [0.05, 0.1) is 10.7 Å². The fourth-order valence-electron chi connectivity index (χ4n) is 2.26. The first-order valence-electron chi connectivity index (χ1n) is 7.66. The van der Waals surface area contributed by atoms with E-state index in [-0.39, 0.29) is 11.8 Å². The van der Waals surface area contributed by atoms with E-state index in [2.05, 4.69) is 9.97 Å². The Morgan fingerprint density at radius 1 is 1.00 bits per heavy atom. The predicted molar refractivity (Wildman–Crippen MR) is 102 cm³/mol. The molecule has 0 unspecified atom stereocenters. The number of fused-ring (bicyclic) bond motifs is 1. The van der Waals surface area contributed by atoms with Crippen LogP contribution in [-0.4, -0.2) is 9.97 Å². The van der Waals surface area contributed by atoms with Gasteiger partial charge < -0.3 is 10.2 Å². The highest BCUT2D eigenvalue weighted by molar-refractivity contribution is 6.30. The Hall–Kier alpha value is -2.63. The van der Waals surface area contributed by atoms with Crippen molar-refractivity contribution in [2.24, 2.45) is 0 Å². The monoisotopic (exact) mass is 389 g/mol. The van der Waals surface area contributed by atoms with Gasteiger partial charge in [0.2, 0.25) is 0 Å². The maximum atomic E-state index is 13.4. The summed E-state index contributed by atoms with van der Waals surface area (Å²) in [6.45, 7) is 0. The Morgan fingerprint density at radius 3 is 2.42 bits per heavy atom. The van der Waals surface area contributed by atoms with Gasteiger partial charge in [-0.3, -0.25) is 4.98 Å². The molecule has 0 spiro atoms. The first kappa shape index (κ1) is 18.2. The molecule has 4 nitrogen and oxygen atoms in total. The van der Waals surface area contributed by atoms with Gasteiger partial charge in [0, 0.05) is 17.6 Å². The molecule has 0 aliphatic heterocycles. The molecule has 0 saturated carbocycles. The number of benzene rings is 2. The summed E-state index contributed by atoms with van der Waals surface area (Å²) >= 11 is 11.4. The number of para-hydroxylation sites is 2. The normalized spacial score (nSPS) is 10.4. The second-order valence-electron chi connectivity index (χ2n) is 5.41. The van der Waals surface area contributed by atoms with Crippen LogP contribution in [0, 0.1) is 5.82 Å². The lowest BCUT2D eigenvalue weighted by Gasteiger charge is -2.03. The van der Waals surface area contributed by atoms with Crippen molar-refractivity contribution in [2.75, 3.05) is 5.73 Å². The van der Waals surface area contributed by atoms with Gasteiger partial charge in [-0.1, -0.05) is 47.5 Å². The SMILES string of the molecule is Fc1cc(Cl)cnc1Cc1ccc(Cl)cc1.Nc1nc2ccccc2o1. The zero-order valence-electron chi connectivity index (χ0n) is 13.5. The molecule has 26 heavy (non-hydrogen) atoms. The second kappa shape index (κ2) is 8.17. The van der Waals surface area contributed by atoms with Crippen LogP contribution < -0.4 is 5.73 Å². The number of oxazole rings is 1. The minimum absolute atomic E-state index is 0.223. The highest BCUT2D eigenvalue weighted by Crippen LogP contribution is 2.17. The van der Waals surface area contributed by atoms with Gasteiger partial charge in [-0.25, -0.2) is 4.39 Å². The van der Waals surface area contributed by atoms with Crippen LogP contribution in [0.1, 0.15) is 11.3 Å². The molecule has 0 radical (unpaired) electrons. The first-order chi connectivity index (χ1) is 12.5. The third kappa shape index (κ3) is 4.71. The van der Waals surface area contributed by atoms with Crippen molar-refractivity contribution in [3.63, 3.8) is 0 Å². The summed E-state index contributed by atoms with van der Waals surface area (Å²) in [6, 6.07) is 16.2. The maximum Gasteiger partial charge on any atom is 0.292 e.